The van der Waals surface area contributed by atoms with Crippen LogP contribution in [-0.2, 0) is 0 Å². The predicted octanol–water partition coefficient (Wildman–Crippen LogP) is 4.31. The third kappa shape index (κ3) is 3.23. The molecular weight excluding hydrogens is 298 g/mol. The van der Waals surface area contributed by atoms with E-state index in [9.17, 15) is 0 Å². The lowest BCUT2D eigenvalue weighted by Crippen LogP contribution is -1.86. The Balaban J connectivity index is 2.19. The number of nitrogens with zero attached hydrogens (tertiary/aromatic N) is 1. The molecular formula is C13H12BrNOS. The summed E-state index contributed by atoms with van der Waals surface area (Å²) in [6, 6.07) is 10.0. The molecule has 1 aromatic heterocycles. The number of hydrogen-bond acceptors (Lipinski definition) is 3. The van der Waals surface area contributed by atoms with Gasteiger partial charge in [0.25, 0.3) is 0 Å². The lowest BCUT2D eigenvalue weighted by molar-refractivity contribution is 0.414. The Morgan fingerprint density at radius 3 is 2.53 bits per heavy atom. The molecule has 2 aromatic rings. The molecule has 88 valence electrons. The van der Waals surface area contributed by atoms with E-state index in [0.717, 1.165) is 20.1 Å². The molecule has 0 aliphatic rings. The summed E-state index contributed by atoms with van der Waals surface area (Å²) < 4.78 is 6.14. The van der Waals surface area contributed by atoms with Crippen LogP contribution < -0.4 is 4.74 Å². The van der Waals surface area contributed by atoms with Gasteiger partial charge >= 0.3 is 0 Å². The van der Waals surface area contributed by atoms with Crippen molar-refractivity contribution in [3.05, 3.63) is 46.6 Å². The van der Waals surface area contributed by atoms with Crippen molar-refractivity contribution in [1.82, 2.24) is 4.98 Å². The van der Waals surface area contributed by atoms with Crippen LogP contribution in [0, 0.1) is 6.92 Å². The molecule has 0 N–H and O–H groups in total. The van der Waals surface area contributed by atoms with Crippen LogP contribution in [0.1, 0.15) is 5.56 Å². The molecule has 0 radical (unpaired) electrons. The average molecular weight is 310 g/mol. The van der Waals surface area contributed by atoms with E-state index in [1.807, 2.05) is 30.5 Å². The second-order valence-electron chi connectivity index (χ2n) is 3.55. The lowest BCUT2D eigenvalue weighted by atomic mass is 10.3. The molecule has 2 rings (SSSR count). The molecule has 0 fully saturated rings. The molecule has 0 unspecified atom stereocenters. The van der Waals surface area contributed by atoms with Crippen molar-refractivity contribution in [2.75, 3.05) is 7.11 Å². The minimum atomic E-state index is 0.870. The van der Waals surface area contributed by atoms with E-state index in [-0.39, 0.29) is 0 Å². The molecule has 0 saturated heterocycles. The Morgan fingerprint density at radius 1 is 1.24 bits per heavy atom. The van der Waals surface area contributed by atoms with Crippen LogP contribution >= 0.6 is 27.7 Å². The van der Waals surface area contributed by atoms with E-state index >= 15 is 0 Å². The number of halogens is 1. The highest BCUT2D eigenvalue weighted by molar-refractivity contribution is 9.10. The highest BCUT2D eigenvalue weighted by atomic mass is 79.9. The Morgan fingerprint density at radius 2 is 1.94 bits per heavy atom. The van der Waals surface area contributed by atoms with Gasteiger partial charge < -0.3 is 4.74 Å². The normalized spacial score (nSPS) is 10.3. The smallest absolute Gasteiger partial charge is 0.118 e. The topological polar surface area (TPSA) is 22.1 Å². The molecule has 0 aliphatic carbocycles. The van der Waals surface area contributed by atoms with Gasteiger partial charge in [-0.2, -0.15) is 0 Å². The molecule has 1 aromatic carbocycles. The van der Waals surface area contributed by atoms with E-state index in [1.54, 1.807) is 18.9 Å². The van der Waals surface area contributed by atoms with E-state index in [1.165, 1.54) is 5.56 Å². The molecule has 4 heteroatoms. The van der Waals surface area contributed by atoms with Gasteiger partial charge in [0.2, 0.25) is 0 Å². The van der Waals surface area contributed by atoms with Crippen molar-refractivity contribution >= 4 is 27.7 Å². The van der Waals surface area contributed by atoms with Crippen LogP contribution in [0.5, 0.6) is 5.75 Å². The summed E-state index contributed by atoms with van der Waals surface area (Å²) in [4.78, 5) is 5.56. The average Bonchev–Trinajstić information content (AvgIpc) is 2.34. The first-order valence-corrected chi connectivity index (χ1v) is 6.74. The van der Waals surface area contributed by atoms with Crippen molar-refractivity contribution in [3.63, 3.8) is 0 Å². The molecule has 0 bridgehead atoms. The first kappa shape index (κ1) is 12.5. The number of rotatable bonds is 3. The monoisotopic (exact) mass is 309 g/mol. The van der Waals surface area contributed by atoms with Crippen LogP contribution in [0.3, 0.4) is 0 Å². The number of aryl methyl sites for hydroxylation is 1. The second-order valence-corrected chi connectivity index (χ2v) is 5.53. The summed E-state index contributed by atoms with van der Waals surface area (Å²) >= 11 is 5.07. The summed E-state index contributed by atoms with van der Waals surface area (Å²) in [5, 5.41) is 1.03. The summed E-state index contributed by atoms with van der Waals surface area (Å²) in [5.41, 5.74) is 1.17. The quantitative estimate of drug-likeness (QED) is 0.843. The molecule has 0 saturated carbocycles. The fourth-order valence-electron chi connectivity index (χ4n) is 1.39. The largest absolute Gasteiger partial charge is 0.497 e. The standard InChI is InChI=1S/C13H12BrNOS/c1-9-7-10(14)8-15-13(9)17-12-5-3-11(16-2)4-6-12/h3-8H,1-2H3. The van der Waals surface area contributed by atoms with Gasteiger partial charge in [-0.15, -0.1) is 0 Å². The Labute approximate surface area is 114 Å². The van der Waals surface area contributed by atoms with Gasteiger partial charge in [-0.25, -0.2) is 4.98 Å². The number of aromatic nitrogens is 1. The minimum Gasteiger partial charge on any atom is -0.497 e. The van der Waals surface area contributed by atoms with Crippen LogP contribution in [0.4, 0.5) is 0 Å². The Bertz CT molecular complexity index is 513. The van der Waals surface area contributed by atoms with Gasteiger partial charge in [0.05, 0.1) is 7.11 Å². The van der Waals surface area contributed by atoms with Crippen molar-refractivity contribution in [2.24, 2.45) is 0 Å². The first-order valence-electron chi connectivity index (χ1n) is 5.13. The molecule has 0 atom stereocenters. The first-order chi connectivity index (χ1) is 8.19. The van der Waals surface area contributed by atoms with Crippen molar-refractivity contribution in [1.29, 1.82) is 0 Å². The number of ether oxygens (including phenoxy) is 1. The summed E-state index contributed by atoms with van der Waals surface area (Å²) in [7, 11) is 1.67. The van der Waals surface area contributed by atoms with Gasteiger partial charge in [-0.1, -0.05) is 11.8 Å². The van der Waals surface area contributed by atoms with Gasteiger partial charge in [0, 0.05) is 15.6 Å². The Kier molecular flexibility index (Phi) is 4.07. The predicted molar refractivity (Wildman–Crippen MR) is 73.8 cm³/mol. The Hall–Kier alpha value is -1.00. The number of methoxy groups -OCH3 is 1. The van der Waals surface area contributed by atoms with Gasteiger partial charge in [-0.3, -0.25) is 0 Å². The molecule has 2 nitrogen and oxygen atoms in total. The van der Waals surface area contributed by atoms with Gasteiger partial charge in [0.15, 0.2) is 0 Å². The zero-order valence-electron chi connectivity index (χ0n) is 9.61. The maximum Gasteiger partial charge on any atom is 0.118 e. The molecule has 1 heterocycles. The van der Waals surface area contributed by atoms with Crippen LogP contribution in [-0.4, -0.2) is 12.1 Å². The van der Waals surface area contributed by atoms with Crippen LogP contribution in [0.25, 0.3) is 0 Å². The zero-order valence-corrected chi connectivity index (χ0v) is 12.0. The molecule has 0 spiro atoms. The maximum absolute atomic E-state index is 5.13. The van der Waals surface area contributed by atoms with Crippen molar-refractivity contribution in [3.8, 4) is 5.75 Å². The third-order valence-corrected chi connectivity index (χ3v) is 3.83. The van der Waals surface area contributed by atoms with E-state index in [4.69, 9.17) is 4.74 Å². The van der Waals surface area contributed by atoms with E-state index in [2.05, 4.69) is 33.9 Å². The molecule has 0 amide bonds. The lowest BCUT2D eigenvalue weighted by Gasteiger charge is -2.05. The summed E-state index contributed by atoms with van der Waals surface area (Å²) in [6.45, 7) is 2.06. The molecule has 17 heavy (non-hydrogen) atoms. The number of pyridine rings is 1. The SMILES string of the molecule is COc1ccc(Sc2ncc(Br)cc2C)cc1. The molecule has 0 aliphatic heterocycles. The highest BCUT2D eigenvalue weighted by Crippen LogP contribution is 2.30. The van der Waals surface area contributed by atoms with Crippen molar-refractivity contribution < 1.29 is 4.74 Å². The second kappa shape index (κ2) is 5.56. The van der Waals surface area contributed by atoms with E-state index < -0.39 is 0 Å². The van der Waals surface area contributed by atoms with Gasteiger partial charge in [-0.05, 0) is 58.7 Å². The van der Waals surface area contributed by atoms with Crippen molar-refractivity contribution in [2.45, 2.75) is 16.8 Å². The zero-order chi connectivity index (χ0) is 12.3. The van der Waals surface area contributed by atoms with E-state index in [0.29, 0.717) is 0 Å². The summed E-state index contributed by atoms with van der Waals surface area (Å²) in [5.74, 6) is 0.870. The van der Waals surface area contributed by atoms with Crippen LogP contribution in [0.2, 0.25) is 0 Å². The van der Waals surface area contributed by atoms with Gasteiger partial charge in [0.1, 0.15) is 10.8 Å². The minimum absolute atomic E-state index is 0.870. The fraction of sp³-hybridized carbons (Fsp3) is 0.154. The third-order valence-electron chi connectivity index (χ3n) is 2.27. The maximum atomic E-state index is 5.13. The number of hydrogen-bond donors (Lipinski definition) is 0. The highest BCUT2D eigenvalue weighted by Gasteiger charge is 2.03. The fourth-order valence-corrected chi connectivity index (χ4v) is 2.66. The van der Waals surface area contributed by atoms with Crippen LogP contribution in [0.15, 0.2) is 50.9 Å². The number of benzene rings is 1. The summed E-state index contributed by atoms with van der Waals surface area (Å²) in [6.07, 6.45) is 1.82.